The highest BCUT2D eigenvalue weighted by molar-refractivity contribution is 5.02. The summed E-state index contributed by atoms with van der Waals surface area (Å²) in [5.41, 5.74) is 1.73. The normalized spacial score (nSPS) is 15.2. The Morgan fingerprint density at radius 2 is 1.65 bits per heavy atom. The van der Waals surface area contributed by atoms with Gasteiger partial charge in [-0.05, 0) is 63.5 Å². The first-order valence-corrected chi connectivity index (χ1v) is 10.4. The summed E-state index contributed by atoms with van der Waals surface area (Å²) >= 11 is 0. The van der Waals surface area contributed by atoms with E-state index in [9.17, 15) is 0 Å². The average Bonchev–Trinajstić information content (AvgIpc) is 2.53. The Morgan fingerprint density at radius 1 is 0.913 bits per heavy atom. The lowest BCUT2D eigenvalue weighted by Crippen LogP contribution is -2.13. The van der Waals surface area contributed by atoms with E-state index in [1.54, 1.807) is 5.57 Å². The fourth-order valence-corrected chi connectivity index (χ4v) is 3.13. The summed E-state index contributed by atoms with van der Waals surface area (Å²) < 4.78 is 0. The molecule has 23 heavy (non-hydrogen) atoms. The summed E-state index contributed by atoms with van der Waals surface area (Å²) in [6.45, 7) is 12.9. The van der Waals surface area contributed by atoms with Crippen molar-refractivity contribution in [2.24, 2.45) is 17.8 Å². The van der Waals surface area contributed by atoms with Gasteiger partial charge in [0.15, 0.2) is 0 Å². The van der Waals surface area contributed by atoms with Crippen LogP contribution in [0.2, 0.25) is 0 Å². The van der Waals surface area contributed by atoms with E-state index in [0.29, 0.717) is 0 Å². The maximum absolute atomic E-state index is 3.34. The molecule has 0 saturated heterocycles. The monoisotopic (exact) mass is 323 g/mol. The Balaban J connectivity index is 4.41. The molecule has 0 bridgehead atoms. The molecule has 0 aromatic carbocycles. The van der Waals surface area contributed by atoms with Gasteiger partial charge < -0.3 is 5.32 Å². The molecule has 2 atom stereocenters. The first-order valence-electron chi connectivity index (χ1n) is 10.4. The van der Waals surface area contributed by atoms with Crippen LogP contribution in [-0.2, 0) is 0 Å². The molecule has 0 spiro atoms. The van der Waals surface area contributed by atoms with Crippen molar-refractivity contribution in [2.45, 2.75) is 98.8 Å². The van der Waals surface area contributed by atoms with Crippen molar-refractivity contribution in [3.8, 4) is 0 Å². The van der Waals surface area contributed by atoms with Crippen molar-refractivity contribution in [1.82, 2.24) is 5.32 Å². The molecule has 1 nitrogen and oxygen atoms in total. The van der Waals surface area contributed by atoms with Crippen LogP contribution in [0.15, 0.2) is 11.6 Å². The molecule has 1 N–H and O–H groups in total. The third-order valence-corrected chi connectivity index (χ3v) is 5.38. The summed E-state index contributed by atoms with van der Waals surface area (Å²) in [6, 6.07) is 0. The second kappa shape index (κ2) is 15.2. The first-order chi connectivity index (χ1) is 11.0. The predicted octanol–water partition coefficient (Wildman–Crippen LogP) is 6.98. The number of unbranched alkanes of at least 4 members (excludes halogenated alkanes) is 2. The standard InChI is InChI=1S/C22H45N/c1-7-9-10-12-22(17-18-23-6)16-15-21(11-8-2)14-13-20(5)19(3)4/h14,19-20,22-23H,7-13,15-18H2,1-6H3/b21-14-. The molecule has 0 heterocycles. The van der Waals surface area contributed by atoms with E-state index >= 15 is 0 Å². The third-order valence-electron chi connectivity index (χ3n) is 5.38. The van der Waals surface area contributed by atoms with Gasteiger partial charge in [0.25, 0.3) is 0 Å². The van der Waals surface area contributed by atoms with Crippen molar-refractivity contribution in [3.05, 3.63) is 11.6 Å². The van der Waals surface area contributed by atoms with E-state index in [1.165, 1.54) is 70.8 Å². The third kappa shape index (κ3) is 12.8. The van der Waals surface area contributed by atoms with Gasteiger partial charge in [-0.2, -0.15) is 0 Å². The zero-order chi connectivity index (χ0) is 17.5. The van der Waals surface area contributed by atoms with Gasteiger partial charge >= 0.3 is 0 Å². The molecule has 0 fully saturated rings. The van der Waals surface area contributed by atoms with Crippen LogP contribution < -0.4 is 5.32 Å². The van der Waals surface area contributed by atoms with Gasteiger partial charge in [0.05, 0.1) is 0 Å². The summed E-state index contributed by atoms with van der Waals surface area (Å²) in [4.78, 5) is 0. The highest BCUT2D eigenvalue weighted by atomic mass is 14.8. The summed E-state index contributed by atoms with van der Waals surface area (Å²) in [5, 5.41) is 3.34. The molecule has 0 radical (unpaired) electrons. The lowest BCUT2D eigenvalue weighted by molar-refractivity contribution is 0.393. The molecule has 2 unspecified atom stereocenters. The topological polar surface area (TPSA) is 12.0 Å². The van der Waals surface area contributed by atoms with Gasteiger partial charge in [-0.1, -0.05) is 78.4 Å². The zero-order valence-electron chi connectivity index (χ0n) is 17.1. The molecule has 138 valence electrons. The largest absolute Gasteiger partial charge is 0.320 e. The van der Waals surface area contributed by atoms with Crippen LogP contribution in [0.5, 0.6) is 0 Å². The van der Waals surface area contributed by atoms with Gasteiger partial charge in [-0.15, -0.1) is 0 Å². The molecule has 0 aromatic rings. The molecule has 0 aliphatic carbocycles. The highest BCUT2D eigenvalue weighted by Gasteiger charge is 2.10. The number of hydrogen-bond acceptors (Lipinski definition) is 1. The molecule has 0 rings (SSSR count). The van der Waals surface area contributed by atoms with Crippen molar-refractivity contribution in [3.63, 3.8) is 0 Å². The molecule has 0 aliphatic heterocycles. The SMILES string of the molecule is CCCCCC(CCNC)CC/C(=C\CC(C)C(C)C)CCC. The van der Waals surface area contributed by atoms with Crippen molar-refractivity contribution in [2.75, 3.05) is 13.6 Å². The van der Waals surface area contributed by atoms with Crippen LogP contribution in [0.3, 0.4) is 0 Å². The molecular weight excluding hydrogens is 278 g/mol. The van der Waals surface area contributed by atoms with Crippen LogP contribution in [0.1, 0.15) is 98.8 Å². The number of hydrogen-bond donors (Lipinski definition) is 1. The van der Waals surface area contributed by atoms with Gasteiger partial charge in [-0.3, -0.25) is 0 Å². The fraction of sp³-hybridized carbons (Fsp3) is 0.909. The van der Waals surface area contributed by atoms with Crippen molar-refractivity contribution in [1.29, 1.82) is 0 Å². The fourth-order valence-electron chi connectivity index (χ4n) is 3.13. The zero-order valence-corrected chi connectivity index (χ0v) is 17.1. The lowest BCUT2D eigenvalue weighted by atomic mass is 9.88. The van der Waals surface area contributed by atoms with E-state index in [2.05, 4.69) is 53.1 Å². The first kappa shape index (κ1) is 22.7. The Morgan fingerprint density at radius 3 is 2.22 bits per heavy atom. The summed E-state index contributed by atoms with van der Waals surface area (Å²) in [5.74, 6) is 2.52. The molecule has 0 saturated carbocycles. The number of allylic oxidation sites excluding steroid dienone is 2. The Hall–Kier alpha value is -0.300. The van der Waals surface area contributed by atoms with Crippen LogP contribution in [0, 0.1) is 17.8 Å². The minimum atomic E-state index is 0.798. The van der Waals surface area contributed by atoms with Crippen LogP contribution in [0.4, 0.5) is 0 Å². The Labute approximate surface area is 147 Å². The van der Waals surface area contributed by atoms with E-state index in [-0.39, 0.29) is 0 Å². The summed E-state index contributed by atoms with van der Waals surface area (Å²) in [6.07, 6.45) is 16.1. The molecule has 1 heteroatoms. The van der Waals surface area contributed by atoms with Crippen LogP contribution in [-0.4, -0.2) is 13.6 Å². The van der Waals surface area contributed by atoms with Gasteiger partial charge in [-0.25, -0.2) is 0 Å². The second-order valence-corrected chi connectivity index (χ2v) is 7.86. The second-order valence-electron chi connectivity index (χ2n) is 7.86. The Bertz CT molecular complexity index is 280. The van der Waals surface area contributed by atoms with Crippen molar-refractivity contribution >= 4 is 0 Å². The minimum absolute atomic E-state index is 0.798. The maximum atomic E-state index is 3.34. The maximum Gasteiger partial charge on any atom is -0.00493 e. The van der Waals surface area contributed by atoms with E-state index < -0.39 is 0 Å². The number of rotatable bonds is 15. The number of nitrogens with one attached hydrogen (secondary N) is 1. The average molecular weight is 324 g/mol. The van der Waals surface area contributed by atoms with E-state index in [4.69, 9.17) is 0 Å². The van der Waals surface area contributed by atoms with Gasteiger partial charge in [0.2, 0.25) is 0 Å². The van der Waals surface area contributed by atoms with Crippen LogP contribution >= 0.6 is 0 Å². The summed E-state index contributed by atoms with van der Waals surface area (Å²) in [7, 11) is 2.08. The molecular formula is C22H45N. The van der Waals surface area contributed by atoms with Crippen molar-refractivity contribution < 1.29 is 0 Å². The molecule has 0 aliphatic rings. The Kier molecular flexibility index (Phi) is 15.0. The highest BCUT2D eigenvalue weighted by Crippen LogP contribution is 2.25. The van der Waals surface area contributed by atoms with Gasteiger partial charge in [0.1, 0.15) is 0 Å². The van der Waals surface area contributed by atoms with E-state index in [1.807, 2.05) is 0 Å². The van der Waals surface area contributed by atoms with Gasteiger partial charge in [0, 0.05) is 0 Å². The quantitative estimate of drug-likeness (QED) is 0.253. The van der Waals surface area contributed by atoms with E-state index in [0.717, 1.165) is 17.8 Å². The predicted molar refractivity (Wildman–Crippen MR) is 107 cm³/mol. The smallest absolute Gasteiger partial charge is 0.00493 e. The van der Waals surface area contributed by atoms with Crippen LogP contribution in [0.25, 0.3) is 0 Å². The lowest BCUT2D eigenvalue weighted by Gasteiger charge is -2.19. The molecule has 0 amide bonds. The molecule has 0 aromatic heterocycles. The minimum Gasteiger partial charge on any atom is -0.320 e.